The van der Waals surface area contributed by atoms with Crippen LogP contribution in [0.2, 0.25) is 0 Å². The molecule has 17 heavy (non-hydrogen) atoms. The molecule has 2 rings (SSSR count). The summed E-state index contributed by atoms with van der Waals surface area (Å²) in [5, 5.41) is 4.13. The van der Waals surface area contributed by atoms with Gasteiger partial charge in [0.15, 0.2) is 0 Å². The molecule has 1 aromatic carbocycles. The molecule has 0 spiro atoms. The van der Waals surface area contributed by atoms with Gasteiger partial charge in [-0.3, -0.25) is 0 Å². The van der Waals surface area contributed by atoms with Gasteiger partial charge in [0.25, 0.3) is 0 Å². The highest BCUT2D eigenvalue weighted by Crippen LogP contribution is 2.23. The molecule has 0 bridgehead atoms. The normalized spacial score (nSPS) is 12.4. The molecule has 2 nitrogen and oxygen atoms in total. The SMILES string of the molecule is CCc1cccc(OC(CN)c2ccsc2)c1. The second kappa shape index (κ2) is 5.84. The lowest BCUT2D eigenvalue weighted by atomic mass is 10.1. The lowest BCUT2D eigenvalue weighted by Crippen LogP contribution is -2.17. The predicted octanol–water partition coefficient (Wildman–Crippen LogP) is 3.39. The van der Waals surface area contributed by atoms with Crippen LogP contribution in [0.5, 0.6) is 5.75 Å². The van der Waals surface area contributed by atoms with Crippen molar-refractivity contribution in [1.29, 1.82) is 0 Å². The number of thiophene rings is 1. The Balaban J connectivity index is 2.13. The van der Waals surface area contributed by atoms with Crippen LogP contribution in [0.25, 0.3) is 0 Å². The van der Waals surface area contributed by atoms with Gasteiger partial charge in [-0.05, 0) is 40.9 Å². The monoisotopic (exact) mass is 247 g/mol. The molecule has 3 heteroatoms. The number of hydrogen-bond donors (Lipinski definition) is 1. The van der Waals surface area contributed by atoms with Crippen LogP contribution < -0.4 is 10.5 Å². The van der Waals surface area contributed by atoms with Gasteiger partial charge >= 0.3 is 0 Å². The van der Waals surface area contributed by atoms with E-state index in [1.54, 1.807) is 11.3 Å². The molecule has 0 aliphatic rings. The lowest BCUT2D eigenvalue weighted by Gasteiger charge is -2.16. The Bertz CT molecular complexity index is 453. The van der Waals surface area contributed by atoms with Gasteiger partial charge in [-0.2, -0.15) is 11.3 Å². The molecule has 1 heterocycles. The molecule has 2 aromatic rings. The van der Waals surface area contributed by atoms with Gasteiger partial charge in [-0.15, -0.1) is 0 Å². The first-order valence-electron chi connectivity index (χ1n) is 5.81. The molecule has 1 unspecified atom stereocenters. The Hall–Kier alpha value is -1.32. The Kier molecular flexibility index (Phi) is 4.18. The summed E-state index contributed by atoms with van der Waals surface area (Å²) in [6.45, 7) is 2.63. The predicted molar refractivity (Wildman–Crippen MR) is 72.6 cm³/mol. The van der Waals surface area contributed by atoms with Crippen LogP contribution in [0.4, 0.5) is 0 Å². The lowest BCUT2D eigenvalue weighted by molar-refractivity contribution is 0.214. The Morgan fingerprint density at radius 1 is 1.35 bits per heavy atom. The van der Waals surface area contributed by atoms with E-state index in [0.29, 0.717) is 6.54 Å². The minimum Gasteiger partial charge on any atom is -0.484 e. The summed E-state index contributed by atoms with van der Waals surface area (Å²) in [7, 11) is 0. The summed E-state index contributed by atoms with van der Waals surface area (Å²) in [6.07, 6.45) is 0.969. The van der Waals surface area contributed by atoms with E-state index >= 15 is 0 Å². The van der Waals surface area contributed by atoms with Crippen molar-refractivity contribution in [2.24, 2.45) is 5.73 Å². The molecule has 0 saturated carbocycles. The van der Waals surface area contributed by atoms with Crippen LogP contribution in [-0.2, 0) is 6.42 Å². The molecule has 1 atom stereocenters. The number of ether oxygens (including phenoxy) is 1. The number of hydrogen-bond acceptors (Lipinski definition) is 3. The van der Waals surface area contributed by atoms with Crippen LogP contribution >= 0.6 is 11.3 Å². The van der Waals surface area contributed by atoms with E-state index in [2.05, 4.69) is 30.5 Å². The van der Waals surface area contributed by atoms with Crippen molar-refractivity contribution in [3.8, 4) is 5.75 Å². The fourth-order valence-electron chi connectivity index (χ4n) is 1.71. The fourth-order valence-corrected chi connectivity index (χ4v) is 2.42. The molecule has 0 aliphatic heterocycles. The summed E-state index contributed by atoms with van der Waals surface area (Å²) < 4.78 is 5.93. The third-order valence-electron chi connectivity index (χ3n) is 2.71. The third kappa shape index (κ3) is 3.08. The second-order valence-corrected chi connectivity index (χ2v) is 4.68. The number of rotatable bonds is 5. The average Bonchev–Trinajstić information content (AvgIpc) is 2.90. The average molecular weight is 247 g/mol. The molecule has 0 radical (unpaired) electrons. The van der Waals surface area contributed by atoms with E-state index in [1.165, 1.54) is 5.56 Å². The van der Waals surface area contributed by atoms with E-state index in [0.717, 1.165) is 17.7 Å². The van der Waals surface area contributed by atoms with Crippen LogP contribution in [-0.4, -0.2) is 6.54 Å². The summed E-state index contributed by atoms with van der Waals surface area (Å²) >= 11 is 1.67. The fraction of sp³-hybridized carbons (Fsp3) is 0.286. The maximum absolute atomic E-state index is 5.93. The van der Waals surface area contributed by atoms with Gasteiger partial charge in [0.2, 0.25) is 0 Å². The van der Waals surface area contributed by atoms with E-state index in [-0.39, 0.29) is 6.10 Å². The highest BCUT2D eigenvalue weighted by atomic mass is 32.1. The van der Waals surface area contributed by atoms with E-state index in [1.807, 2.05) is 17.5 Å². The van der Waals surface area contributed by atoms with Gasteiger partial charge in [0.05, 0.1) is 0 Å². The van der Waals surface area contributed by atoms with Crippen molar-refractivity contribution in [2.75, 3.05) is 6.54 Å². The minimum atomic E-state index is -0.0478. The first kappa shape index (κ1) is 12.1. The minimum absolute atomic E-state index is 0.0478. The Morgan fingerprint density at radius 3 is 2.88 bits per heavy atom. The summed E-state index contributed by atoms with van der Waals surface area (Å²) in [5.41, 5.74) is 8.20. The third-order valence-corrected chi connectivity index (χ3v) is 3.42. The van der Waals surface area contributed by atoms with Gasteiger partial charge in [-0.25, -0.2) is 0 Å². The molecule has 1 aromatic heterocycles. The molecule has 2 N–H and O–H groups in total. The van der Waals surface area contributed by atoms with Crippen LogP contribution in [0.15, 0.2) is 41.1 Å². The van der Waals surface area contributed by atoms with Gasteiger partial charge in [-0.1, -0.05) is 19.1 Å². The van der Waals surface area contributed by atoms with E-state index < -0.39 is 0 Å². The number of aryl methyl sites for hydroxylation is 1. The highest BCUT2D eigenvalue weighted by molar-refractivity contribution is 7.07. The van der Waals surface area contributed by atoms with Crippen LogP contribution in [0, 0.1) is 0 Å². The van der Waals surface area contributed by atoms with Crippen molar-refractivity contribution in [3.05, 3.63) is 52.2 Å². The largest absolute Gasteiger partial charge is 0.484 e. The maximum atomic E-state index is 5.93. The first-order valence-corrected chi connectivity index (χ1v) is 6.75. The van der Waals surface area contributed by atoms with Crippen molar-refractivity contribution in [3.63, 3.8) is 0 Å². The molecule has 0 fully saturated rings. The zero-order valence-corrected chi connectivity index (χ0v) is 10.7. The zero-order chi connectivity index (χ0) is 12.1. The van der Waals surface area contributed by atoms with Crippen LogP contribution in [0.1, 0.15) is 24.2 Å². The van der Waals surface area contributed by atoms with Crippen molar-refractivity contribution in [1.82, 2.24) is 0 Å². The van der Waals surface area contributed by atoms with E-state index in [4.69, 9.17) is 10.5 Å². The van der Waals surface area contributed by atoms with Crippen molar-refractivity contribution in [2.45, 2.75) is 19.4 Å². The summed E-state index contributed by atoms with van der Waals surface area (Å²) in [4.78, 5) is 0. The molecular weight excluding hydrogens is 230 g/mol. The van der Waals surface area contributed by atoms with Gasteiger partial charge < -0.3 is 10.5 Å². The Labute approximate surface area is 106 Å². The number of benzene rings is 1. The van der Waals surface area contributed by atoms with Crippen molar-refractivity contribution < 1.29 is 4.74 Å². The maximum Gasteiger partial charge on any atom is 0.137 e. The molecule has 90 valence electrons. The molecular formula is C14H17NOS. The highest BCUT2D eigenvalue weighted by Gasteiger charge is 2.11. The number of nitrogens with two attached hydrogens (primary N) is 1. The van der Waals surface area contributed by atoms with Gasteiger partial charge in [0, 0.05) is 12.1 Å². The first-order chi connectivity index (χ1) is 8.33. The molecule has 0 amide bonds. The molecule has 0 aliphatic carbocycles. The zero-order valence-electron chi connectivity index (χ0n) is 9.93. The topological polar surface area (TPSA) is 35.2 Å². The van der Waals surface area contributed by atoms with Crippen molar-refractivity contribution >= 4 is 11.3 Å². The van der Waals surface area contributed by atoms with E-state index in [9.17, 15) is 0 Å². The second-order valence-electron chi connectivity index (χ2n) is 3.90. The summed E-state index contributed by atoms with van der Waals surface area (Å²) in [5.74, 6) is 0.894. The standard InChI is InChI=1S/C14H17NOS/c1-2-11-4-3-5-13(8-11)16-14(9-15)12-6-7-17-10-12/h3-8,10,14H,2,9,15H2,1H3. The smallest absolute Gasteiger partial charge is 0.137 e. The van der Waals surface area contributed by atoms with Crippen LogP contribution in [0.3, 0.4) is 0 Å². The van der Waals surface area contributed by atoms with Gasteiger partial charge in [0.1, 0.15) is 11.9 Å². The summed E-state index contributed by atoms with van der Waals surface area (Å²) in [6, 6.07) is 10.2. The Morgan fingerprint density at radius 2 is 2.24 bits per heavy atom. The quantitative estimate of drug-likeness (QED) is 0.879. The molecule has 0 saturated heterocycles.